The molecule has 0 aromatic heterocycles. The lowest BCUT2D eigenvalue weighted by Crippen LogP contribution is -2.02. The molecule has 4 aromatic carbocycles. The van der Waals surface area contributed by atoms with Crippen molar-refractivity contribution in [2.45, 2.75) is 9.79 Å². The summed E-state index contributed by atoms with van der Waals surface area (Å²) in [6.07, 6.45) is 4.98. The molecule has 0 heterocycles. The normalized spacial score (nSPS) is 12.6. The first-order valence-corrected chi connectivity index (χ1v) is 14.3. The number of hydrogen-bond donors (Lipinski definition) is 2. The molecule has 0 saturated heterocycles. The van der Waals surface area contributed by atoms with E-state index in [-0.39, 0.29) is 34.0 Å². The molecule has 2 N–H and O–H groups in total. The Balaban J connectivity index is 1.68. The molecule has 0 fully saturated rings. The minimum absolute atomic E-state index is 0.0403. The van der Waals surface area contributed by atoms with Crippen LogP contribution in [0, 0.1) is 0 Å². The number of rotatable bonds is 8. The van der Waals surface area contributed by atoms with Crippen molar-refractivity contribution in [2.75, 3.05) is 0 Å². The third kappa shape index (κ3) is 7.07. The molecular formula is C28H20N2O8S2-2. The maximum Gasteiger partial charge on any atom is 0.125 e. The van der Waals surface area contributed by atoms with Crippen LogP contribution in [0.5, 0.6) is 11.5 Å². The van der Waals surface area contributed by atoms with Gasteiger partial charge in [-0.05, 0) is 59.7 Å². The molecule has 4 rings (SSSR count). The topological polar surface area (TPSA) is 180 Å². The Hall–Kier alpha value is -4.62. The van der Waals surface area contributed by atoms with Crippen LogP contribution in [-0.4, -0.2) is 48.6 Å². The highest BCUT2D eigenvalue weighted by molar-refractivity contribution is 7.86. The van der Waals surface area contributed by atoms with Crippen LogP contribution in [0.1, 0.15) is 22.3 Å². The fourth-order valence-electron chi connectivity index (χ4n) is 3.58. The third-order valence-electron chi connectivity index (χ3n) is 5.55. The Morgan fingerprint density at radius 3 is 1.27 bits per heavy atom. The van der Waals surface area contributed by atoms with Gasteiger partial charge in [0.1, 0.15) is 31.7 Å². The summed E-state index contributed by atoms with van der Waals surface area (Å²) in [5, 5.41) is 19.7. The van der Waals surface area contributed by atoms with Crippen LogP contribution >= 0.6 is 0 Å². The fraction of sp³-hybridized carbons (Fsp3) is 0. The molecule has 0 amide bonds. The molecule has 0 radical (unpaired) electrons. The van der Waals surface area contributed by atoms with E-state index in [0.29, 0.717) is 11.1 Å². The third-order valence-corrected chi connectivity index (χ3v) is 7.34. The van der Waals surface area contributed by atoms with Gasteiger partial charge in [-0.15, -0.1) is 0 Å². The van der Waals surface area contributed by atoms with Crippen molar-refractivity contribution in [1.29, 1.82) is 0 Å². The van der Waals surface area contributed by atoms with E-state index >= 15 is 0 Å². The first-order chi connectivity index (χ1) is 18.9. The zero-order chi connectivity index (χ0) is 28.9. The largest absolute Gasteiger partial charge is 0.744 e. The van der Waals surface area contributed by atoms with Crippen LogP contribution in [0.25, 0.3) is 12.2 Å². The highest BCUT2D eigenvalue weighted by Gasteiger charge is 2.11. The summed E-state index contributed by atoms with van der Waals surface area (Å²) < 4.78 is 71.8. The Morgan fingerprint density at radius 1 is 0.550 bits per heavy atom. The van der Waals surface area contributed by atoms with Crippen LogP contribution < -0.4 is 0 Å². The monoisotopic (exact) mass is 576 g/mol. The summed E-state index contributed by atoms with van der Waals surface area (Å²) in [5.41, 5.74) is 0.851. The number of aromatic hydroxyl groups is 2. The van der Waals surface area contributed by atoms with Gasteiger partial charge in [-0.2, -0.15) is 0 Å². The van der Waals surface area contributed by atoms with Crippen LogP contribution in [-0.2, 0) is 20.2 Å². The lowest BCUT2D eigenvalue weighted by molar-refractivity contribution is 0.460. The second-order valence-corrected chi connectivity index (χ2v) is 11.0. The van der Waals surface area contributed by atoms with Crippen molar-refractivity contribution in [3.8, 4) is 11.5 Å². The minimum atomic E-state index is -4.98. The lowest BCUT2D eigenvalue weighted by Gasteiger charge is -2.13. The van der Waals surface area contributed by atoms with Crippen molar-refractivity contribution in [1.82, 2.24) is 0 Å². The van der Waals surface area contributed by atoms with Crippen LogP contribution in [0.15, 0.2) is 105 Å². The molecule has 40 heavy (non-hydrogen) atoms. The van der Waals surface area contributed by atoms with Gasteiger partial charge in [0.15, 0.2) is 0 Å². The SMILES string of the molecule is O=S(=O)([O-])c1cc(N=Cc2ccccc2O)ccc1/C=C/c1ccc(N=Cc2ccccc2O)cc1S(=O)(=O)[O-]. The Bertz CT molecular complexity index is 1740. The minimum Gasteiger partial charge on any atom is -0.744 e. The molecule has 0 aliphatic carbocycles. The van der Waals surface area contributed by atoms with Gasteiger partial charge in [-0.25, -0.2) is 16.8 Å². The Labute approximate surface area is 230 Å². The van der Waals surface area contributed by atoms with Crippen molar-refractivity contribution in [2.24, 2.45) is 9.98 Å². The summed E-state index contributed by atoms with van der Waals surface area (Å²) in [6, 6.07) is 20.2. The molecule has 0 aliphatic heterocycles. The summed E-state index contributed by atoms with van der Waals surface area (Å²) in [4.78, 5) is 6.98. The Morgan fingerprint density at radius 2 is 0.925 bits per heavy atom. The smallest absolute Gasteiger partial charge is 0.125 e. The van der Waals surface area contributed by atoms with Gasteiger partial charge in [0.2, 0.25) is 0 Å². The van der Waals surface area contributed by atoms with Crippen molar-refractivity contribution in [3.05, 3.63) is 107 Å². The van der Waals surface area contributed by atoms with Gasteiger partial charge >= 0.3 is 0 Å². The lowest BCUT2D eigenvalue weighted by atomic mass is 10.1. The predicted octanol–water partition coefficient (Wildman–Crippen LogP) is 4.58. The molecule has 0 atom stereocenters. The second kappa shape index (κ2) is 11.6. The number of benzene rings is 4. The number of phenols is 2. The van der Waals surface area contributed by atoms with Crippen LogP contribution in [0.4, 0.5) is 11.4 Å². The molecule has 0 bridgehead atoms. The Kier molecular flexibility index (Phi) is 8.26. The number of nitrogens with zero attached hydrogens (tertiary/aromatic N) is 2. The average molecular weight is 577 g/mol. The van der Waals surface area contributed by atoms with Gasteiger partial charge in [-0.3, -0.25) is 9.98 Å². The summed E-state index contributed by atoms with van der Waals surface area (Å²) in [7, 11) is -9.96. The molecule has 0 unspecified atom stereocenters. The molecule has 10 nitrogen and oxygen atoms in total. The molecule has 4 aromatic rings. The first kappa shape index (κ1) is 28.4. The molecule has 204 valence electrons. The summed E-state index contributed by atoms with van der Waals surface area (Å²) in [6.45, 7) is 0. The standard InChI is InChI=1S/C28H22N2O8S2/c31-25-7-3-1-5-21(25)17-29-23-13-11-19(27(15-23)39(33,34)35)9-10-20-12-14-24(16-28(20)40(36,37)38)30-18-22-6-2-4-8-26(22)32/h1-18,31-32H,(H,33,34,35)(H,36,37,38)/p-2/b10-9+,29-17?,30-18?. The van der Waals surface area contributed by atoms with Crippen molar-refractivity contribution >= 4 is 56.2 Å². The quantitative estimate of drug-likeness (QED) is 0.174. The van der Waals surface area contributed by atoms with E-state index in [4.69, 9.17) is 0 Å². The highest BCUT2D eigenvalue weighted by atomic mass is 32.2. The molecule has 0 saturated carbocycles. The number of phenolic OH excluding ortho intramolecular Hbond substituents is 2. The first-order valence-electron chi connectivity index (χ1n) is 11.4. The summed E-state index contributed by atoms with van der Waals surface area (Å²) >= 11 is 0. The zero-order valence-corrected chi connectivity index (χ0v) is 22.1. The van der Waals surface area contributed by atoms with Gasteiger partial charge in [0.05, 0.1) is 21.2 Å². The highest BCUT2D eigenvalue weighted by Crippen LogP contribution is 2.28. The molecular weight excluding hydrogens is 556 g/mol. The van der Waals surface area contributed by atoms with E-state index in [1.807, 2.05) is 0 Å². The van der Waals surface area contributed by atoms with Gasteiger partial charge in [0.25, 0.3) is 0 Å². The van der Waals surface area contributed by atoms with E-state index in [1.54, 1.807) is 36.4 Å². The van der Waals surface area contributed by atoms with Gasteiger partial charge < -0.3 is 19.3 Å². The second-order valence-electron chi connectivity index (χ2n) is 8.32. The average Bonchev–Trinajstić information content (AvgIpc) is 2.90. The van der Waals surface area contributed by atoms with Crippen LogP contribution in [0.3, 0.4) is 0 Å². The fourth-order valence-corrected chi connectivity index (χ4v) is 4.96. The van der Waals surface area contributed by atoms with Crippen molar-refractivity contribution in [3.63, 3.8) is 0 Å². The molecule has 0 aliphatic rings. The van der Waals surface area contributed by atoms with E-state index in [1.165, 1.54) is 61.0 Å². The maximum atomic E-state index is 12.0. The number of aliphatic imine (C=N–C) groups is 2. The molecule has 12 heteroatoms. The van der Waals surface area contributed by atoms with Gasteiger partial charge in [-0.1, -0.05) is 48.6 Å². The van der Waals surface area contributed by atoms with Crippen molar-refractivity contribution < 1.29 is 36.2 Å². The van der Waals surface area contributed by atoms with E-state index < -0.39 is 30.0 Å². The van der Waals surface area contributed by atoms with E-state index in [0.717, 1.165) is 12.1 Å². The van der Waals surface area contributed by atoms with Crippen LogP contribution in [0.2, 0.25) is 0 Å². The maximum absolute atomic E-state index is 12.0. The van der Waals surface area contributed by atoms with E-state index in [2.05, 4.69) is 9.98 Å². The van der Waals surface area contributed by atoms with Gasteiger partial charge in [0, 0.05) is 23.6 Å². The van der Waals surface area contributed by atoms with E-state index in [9.17, 15) is 36.2 Å². The summed E-state index contributed by atoms with van der Waals surface area (Å²) in [5.74, 6) is -0.0805. The number of hydrogen-bond acceptors (Lipinski definition) is 10. The zero-order valence-electron chi connectivity index (χ0n) is 20.4. The molecule has 0 spiro atoms. The predicted molar refractivity (Wildman–Crippen MR) is 148 cm³/mol. The number of para-hydroxylation sites is 2.